The molecule has 0 unspecified atom stereocenters. The van der Waals surface area contributed by atoms with Gasteiger partial charge in [0, 0.05) is 11.1 Å². The predicted molar refractivity (Wildman–Crippen MR) is 89.1 cm³/mol. The number of ether oxygens (including phenoxy) is 2. The molecule has 0 amide bonds. The zero-order valence-corrected chi connectivity index (χ0v) is 13.4. The molecule has 0 bridgehead atoms. The van der Waals surface area contributed by atoms with E-state index >= 15 is 0 Å². The average Bonchev–Trinajstić information content (AvgIpc) is 2.56. The molecule has 2 aromatic carbocycles. The van der Waals surface area contributed by atoms with Gasteiger partial charge in [-0.2, -0.15) is 0 Å². The van der Waals surface area contributed by atoms with E-state index in [4.69, 9.17) is 21.1 Å². The second kappa shape index (κ2) is 7.03. The van der Waals surface area contributed by atoms with Gasteiger partial charge in [-0.1, -0.05) is 41.9 Å². The van der Waals surface area contributed by atoms with Crippen molar-refractivity contribution in [2.45, 2.75) is 18.9 Å². The molecule has 0 aliphatic carbocycles. The van der Waals surface area contributed by atoms with Crippen LogP contribution in [0.3, 0.4) is 0 Å². The molecule has 0 fully saturated rings. The lowest BCUT2D eigenvalue weighted by molar-refractivity contribution is 0.228. The van der Waals surface area contributed by atoms with Gasteiger partial charge in [-0.15, -0.1) is 0 Å². The van der Waals surface area contributed by atoms with Crippen LogP contribution in [0.1, 0.15) is 11.1 Å². The topological polar surface area (TPSA) is 30.5 Å². The number of fused-ring (bicyclic) bond motifs is 1. The molecule has 1 heterocycles. The molecule has 0 saturated heterocycles. The minimum absolute atomic E-state index is 0.321. The van der Waals surface area contributed by atoms with Crippen LogP contribution in [0.2, 0.25) is 5.02 Å². The maximum Gasteiger partial charge on any atom is 0.164 e. The third-order valence-electron chi connectivity index (χ3n) is 3.96. The lowest BCUT2D eigenvalue weighted by atomic mass is 10.0. The number of nitrogens with one attached hydrogen (secondary N) is 1. The Labute approximate surface area is 136 Å². The van der Waals surface area contributed by atoms with Crippen molar-refractivity contribution >= 4 is 11.6 Å². The maximum atomic E-state index is 6.18. The van der Waals surface area contributed by atoms with Gasteiger partial charge in [-0.05, 0) is 42.6 Å². The number of hydrogen-bond donors (Lipinski definition) is 1. The Balaban J connectivity index is 1.56. The Hall–Kier alpha value is -1.71. The summed E-state index contributed by atoms with van der Waals surface area (Å²) in [4.78, 5) is 0. The van der Waals surface area contributed by atoms with Crippen molar-refractivity contribution in [3.05, 3.63) is 58.6 Å². The van der Waals surface area contributed by atoms with Crippen LogP contribution in [-0.2, 0) is 12.8 Å². The summed E-state index contributed by atoms with van der Waals surface area (Å²) >= 11 is 6.18. The molecule has 2 aromatic rings. The first-order chi connectivity index (χ1) is 10.8. The summed E-state index contributed by atoms with van der Waals surface area (Å²) in [5.74, 6) is 1.70. The van der Waals surface area contributed by atoms with Gasteiger partial charge in [0.2, 0.25) is 0 Å². The van der Waals surface area contributed by atoms with E-state index in [-0.39, 0.29) is 0 Å². The monoisotopic (exact) mass is 317 g/mol. The SMILES string of the molecule is COc1cccc2c1OC[C@H](NCCc1ccccc1Cl)C2. The van der Waals surface area contributed by atoms with Gasteiger partial charge in [0.1, 0.15) is 6.61 Å². The second-order valence-corrected chi connectivity index (χ2v) is 5.86. The van der Waals surface area contributed by atoms with Crippen molar-refractivity contribution < 1.29 is 9.47 Å². The molecule has 1 atom stereocenters. The summed E-state index contributed by atoms with van der Waals surface area (Å²) in [7, 11) is 1.67. The van der Waals surface area contributed by atoms with Crippen molar-refractivity contribution in [3.63, 3.8) is 0 Å². The fourth-order valence-corrected chi connectivity index (χ4v) is 3.03. The summed E-state index contributed by atoms with van der Waals surface area (Å²) in [5, 5.41) is 4.38. The highest BCUT2D eigenvalue weighted by Crippen LogP contribution is 2.34. The zero-order chi connectivity index (χ0) is 15.4. The second-order valence-electron chi connectivity index (χ2n) is 5.46. The minimum atomic E-state index is 0.321. The summed E-state index contributed by atoms with van der Waals surface area (Å²) < 4.78 is 11.2. The number of rotatable bonds is 5. The first-order valence-corrected chi connectivity index (χ1v) is 7.91. The van der Waals surface area contributed by atoms with Crippen molar-refractivity contribution in [3.8, 4) is 11.5 Å². The Morgan fingerprint density at radius 3 is 2.91 bits per heavy atom. The largest absolute Gasteiger partial charge is 0.493 e. The normalized spacial score (nSPS) is 16.7. The molecule has 0 radical (unpaired) electrons. The zero-order valence-electron chi connectivity index (χ0n) is 12.6. The molecular weight excluding hydrogens is 298 g/mol. The van der Waals surface area contributed by atoms with Gasteiger partial charge in [-0.3, -0.25) is 0 Å². The molecule has 0 aromatic heterocycles. The molecule has 1 N–H and O–H groups in total. The Morgan fingerprint density at radius 1 is 1.23 bits per heavy atom. The number of benzene rings is 2. The number of para-hydroxylation sites is 1. The van der Waals surface area contributed by atoms with Crippen molar-refractivity contribution in [1.82, 2.24) is 5.32 Å². The lowest BCUT2D eigenvalue weighted by Crippen LogP contribution is -2.40. The summed E-state index contributed by atoms with van der Waals surface area (Å²) in [5.41, 5.74) is 2.37. The van der Waals surface area contributed by atoms with Crippen LogP contribution < -0.4 is 14.8 Å². The van der Waals surface area contributed by atoms with E-state index in [0.717, 1.165) is 35.9 Å². The minimum Gasteiger partial charge on any atom is -0.493 e. The van der Waals surface area contributed by atoms with E-state index in [1.165, 1.54) is 11.1 Å². The number of halogens is 1. The van der Waals surface area contributed by atoms with Crippen LogP contribution in [0.5, 0.6) is 11.5 Å². The molecule has 116 valence electrons. The van der Waals surface area contributed by atoms with E-state index in [9.17, 15) is 0 Å². The quantitative estimate of drug-likeness (QED) is 0.915. The maximum absolute atomic E-state index is 6.18. The highest BCUT2D eigenvalue weighted by Gasteiger charge is 2.22. The summed E-state index contributed by atoms with van der Waals surface area (Å²) in [6.07, 6.45) is 1.87. The van der Waals surface area contributed by atoms with Crippen LogP contribution in [0.15, 0.2) is 42.5 Å². The van der Waals surface area contributed by atoms with Gasteiger partial charge >= 0.3 is 0 Å². The molecule has 0 spiro atoms. The van der Waals surface area contributed by atoms with E-state index in [0.29, 0.717) is 12.6 Å². The van der Waals surface area contributed by atoms with E-state index in [2.05, 4.69) is 17.4 Å². The third-order valence-corrected chi connectivity index (χ3v) is 4.33. The van der Waals surface area contributed by atoms with Gasteiger partial charge in [0.15, 0.2) is 11.5 Å². The molecule has 3 rings (SSSR count). The van der Waals surface area contributed by atoms with Crippen molar-refractivity contribution in [2.75, 3.05) is 20.3 Å². The molecule has 4 heteroatoms. The van der Waals surface area contributed by atoms with Crippen molar-refractivity contribution in [1.29, 1.82) is 0 Å². The molecule has 1 aliphatic heterocycles. The predicted octanol–water partition coefficient (Wildman–Crippen LogP) is 3.48. The van der Waals surface area contributed by atoms with E-state index in [1.807, 2.05) is 30.3 Å². The standard InChI is InChI=1S/C18H20ClNO2/c1-21-17-8-4-6-14-11-15(12-22-18(14)17)20-10-9-13-5-2-3-7-16(13)19/h2-8,15,20H,9-12H2,1H3/t15-/m1/s1. The van der Waals surface area contributed by atoms with Crippen LogP contribution in [0.4, 0.5) is 0 Å². The summed E-state index contributed by atoms with van der Waals surface area (Å²) in [6.45, 7) is 1.55. The number of hydrogen-bond acceptors (Lipinski definition) is 3. The highest BCUT2D eigenvalue weighted by atomic mass is 35.5. The first-order valence-electron chi connectivity index (χ1n) is 7.53. The first kappa shape index (κ1) is 15.2. The fraction of sp³-hybridized carbons (Fsp3) is 0.333. The van der Waals surface area contributed by atoms with Gasteiger partial charge in [-0.25, -0.2) is 0 Å². The highest BCUT2D eigenvalue weighted by molar-refractivity contribution is 6.31. The Morgan fingerprint density at radius 2 is 2.09 bits per heavy atom. The van der Waals surface area contributed by atoms with E-state index in [1.54, 1.807) is 7.11 Å². The van der Waals surface area contributed by atoms with Gasteiger partial charge in [0.05, 0.1) is 7.11 Å². The Bertz CT molecular complexity index is 645. The van der Waals surface area contributed by atoms with Crippen LogP contribution in [0.25, 0.3) is 0 Å². The van der Waals surface area contributed by atoms with Crippen LogP contribution in [0, 0.1) is 0 Å². The molecule has 1 aliphatic rings. The summed E-state index contributed by atoms with van der Waals surface area (Å²) in [6, 6.07) is 14.3. The Kier molecular flexibility index (Phi) is 4.86. The molecular formula is C18H20ClNO2. The van der Waals surface area contributed by atoms with E-state index < -0.39 is 0 Å². The van der Waals surface area contributed by atoms with Crippen LogP contribution in [-0.4, -0.2) is 26.3 Å². The molecule has 0 saturated carbocycles. The van der Waals surface area contributed by atoms with Crippen LogP contribution >= 0.6 is 11.6 Å². The smallest absolute Gasteiger partial charge is 0.164 e. The number of methoxy groups -OCH3 is 1. The van der Waals surface area contributed by atoms with Crippen molar-refractivity contribution in [2.24, 2.45) is 0 Å². The average molecular weight is 318 g/mol. The third kappa shape index (κ3) is 3.37. The molecule has 22 heavy (non-hydrogen) atoms. The van der Waals surface area contributed by atoms with Gasteiger partial charge in [0.25, 0.3) is 0 Å². The molecule has 3 nitrogen and oxygen atoms in total. The van der Waals surface area contributed by atoms with Gasteiger partial charge < -0.3 is 14.8 Å². The lowest BCUT2D eigenvalue weighted by Gasteiger charge is -2.27. The fourth-order valence-electron chi connectivity index (χ4n) is 2.80.